The van der Waals surface area contributed by atoms with Gasteiger partial charge in [-0.25, -0.2) is 4.79 Å². The zero-order valence-corrected chi connectivity index (χ0v) is 22.8. The summed E-state index contributed by atoms with van der Waals surface area (Å²) in [5.41, 5.74) is 1.06. The van der Waals surface area contributed by atoms with Crippen molar-refractivity contribution in [1.82, 2.24) is 4.90 Å². The first-order chi connectivity index (χ1) is 17.7. The predicted molar refractivity (Wildman–Crippen MR) is 142 cm³/mol. The molecule has 37 heavy (non-hydrogen) atoms. The number of hydrogen-bond acceptors (Lipinski definition) is 9. The molecule has 12 heteroatoms. The van der Waals surface area contributed by atoms with E-state index >= 15 is 0 Å². The highest BCUT2D eigenvalue weighted by Crippen LogP contribution is 2.39. The first-order valence-electron chi connectivity index (χ1n) is 11.2. The van der Waals surface area contributed by atoms with Gasteiger partial charge < -0.3 is 24.3 Å². The zero-order chi connectivity index (χ0) is 26.9. The Morgan fingerprint density at radius 2 is 1.76 bits per heavy atom. The van der Waals surface area contributed by atoms with Crippen LogP contribution in [0.5, 0.6) is 17.2 Å². The quantitative estimate of drug-likeness (QED) is 0.297. The van der Waals surface area contributed by atoms with Crippen molar-refractivity contribution >= 4 is 62.5 Å². The van der Waals surface area contributed by atoms with Crippen LogP contribution in [0.15, 0.2) is 45.8 Å². The molecule has 10 nitrogen and oxygen atoms in total. The summed E-state index contributed by atoms with van der Waals surface area (Å²) < 4.78 is 21.6. The molecule has 1 aliphatic rings. The van der Waals surface area contributed by atoms with E-state index in [9.17, 15) is 19.2 Å². The Hall–Kier alpha value is -3.51. The van der Waals surface area contributed by atoms with Gasteiger partial charge in [-0.1, -0.05) is 0 Å². The summed E-state index contributed by atoms with van der Waals surface area (Å²) in [6, 6.07) is 10.0. The first-order valence-corrected chi connectivity index (χ1v) is 12.8. The van der Waals surface area contributed by atoms with Gasteiger partial charge in [-0.15, -0.1) is 0 Å². The molecule has 1 heterocycles. The van der Waals surface area contributed by atoms with Crippen molar-refractivity contribution in [1.29, 1.82) is 0 Å². The van der Waals surface area contributed by atoms with Crippen molar-refractivity contribution in [2.24, 2.45) is 0 Å². The summed E-state index contributed by atoms with van der Waals surface area (Å²) in [7, 11) is 1.25. The van der Waals surface area contributed by atoms with E-state index in [1.165, 1.54) is 13.2 Å². The molecule has 0 radical (unpaired) electrons. The molecule has 0 bridgehead atoms. The fourth-order valence-corrected chi connectivity index (χ4v) is 4.61. The molecular formula is C25H25BrN2O8S. The van der Waals surface area contributed by atoms with Gasteiger partial charge in [-0.2, -0.15) is 0 Å². The van der Waals surface area contributed by atoms with Crippen molar-refractivity contribution < 1.29 is 38.1 Å². The fraction of sp³-hybridized carbons (Fsp3) is 0.280. The lowest BCUT2D eigenvalue weighted by molar-refractivity contribution is -0.143. The van der Waals surface area contributed by atoms with Crippen LogP contribution in [-0.2, 0) is 19.1 Å². The van der Waals surface area contributed by atoms with Crippen LogP contribution in [0.25, 0.3) is 6.08 Å². The lowest BCUT2D eigenvalue weighted by atomic mass is 10.2. The Bertz CT molecular complexity index is 1220. The number of hydrogen-bond donors (Lipinski definition) is 1. The lowest BCUT2D eigenvalue weighted by Gasteiger charge is -2.14. The molecule has 0 aliphatic carbocycles. The number of amides is 3. The van der Waals surface area contributed by atoms with Gasteiger partial charge in [0.05, 0.1) is 29.7 Å². The summed E-state index contributed by atoms with van der Waals surface area (Å²) in [6.07, 6.45) is 1.52. The molecule has 1 saturated heterocycles. The second-order valence-electron chi connectivity index (χ2n) is 7.40. The van der Waals surface area contributed by atoms with Crippen LogP contribution in [0.2, 0.25) is 0 Å². The zero-order valence-electron chi connectivity index (χ0n) is 20.4. The van der Waals surface area contributed by atoms with Crippen LogP contribution in [0.1, 0.15) is 19.4 Å². The summed E-state index contributed by atoms with van der Waals surface area (Å²) in [6.45, 7) is 3.76. The van der Waals surface area contributed by atoms with Crippen molar-refractivity contribution in [2.45, 2.75) is 13.8 Å². The second kappa shape index (κ2) is 13.2. The smallest absolute Gasteiger partial charge is 0.343 e. The number of halogens is 1. The Morgan fingerprint density at radius 1 is 1.05 bits per heavy atom. The third-order valence-electron chi connectivity index (χ3n) is 4.82. The lowest BCUT2D eigenvalue weighted by Crippen LogP contribution is -2.36. The van der Waals surface area contributed by atoms with Crippen LogP contribution in [0.3, 0.4) is 0 Å². The van der Waals surface area contributed by atoms with Gasteiger partial charge in [0.1, 0.15) is 12.3 Å². The van der Waals surface area contributed by atoms with Gasteiger partial charge in [-0.05, 0) is 89.6 Å². The molecule has 0 saturated carbocycles. The maximum absolute atomic E-state index is 12.9. The van der Waals surface area contributed by atoms with E-state index in [1.54, 1.807) is 43.3 Å². The number of nitrogens with zero attached hydrogens (tertiary/aromatic N) is 1. The standard InChI is InChI=1S/C25H25BrN2O8S/c1-4-34-17-8-6-16(7-9-17)27-21(29)13-28-24(31)20(37-25(28)32)12-15-10-18(26)23(19(11-15)35-5-2)36-14-22(30)33-3/h6-12H,4-5,13-14H2,1-3H3,(H,27,29)/b20-12+. The van der Waals surface area contributed by atoms with E-state index in [2.05, 4.69) is 26.0 Å². The van der Waals surface area contributed by atoms with E-state index in [-0.39, 0.29) is 11.5 Å². The van der Waals surface area contributed by atoms with E-state index < -0.39 is 29.6 Å². The van der Waals surface area contributed by atoms with Crippen molar-refractivity contribution in [2.75, 3.05) is 38.8 Å². The Morgan fingerprint density at radius 3 is 2.41 bits per heavy atom. The minimum absolute atomic E-state index is 0.149. The van der Waals surface area contributed by atoms with Crippen LogP contribution in [0, 0.1) is 0 Å². The maximum Gasteiger partial charge on any atom is 0.343 e. The molecular weight excluding hydrogens is 568 g/mol. The van der Waals surface area contributed by atoms with Crippen LogP contribution in [-0.4, -0.2) is 61.4 Å². The maximum atomic E-state index is 12.9. The van der Waals surface area contributed by atoms with Gasteiger partial charge in [0.25, 0.3) is 11.1 Å². The minimum atomic E-state index is -0.586. The molecule has 1 N–H and O–H groups in total. The summed E-state index contributed by atoms with van der Waals surface area (Å²) in [5, 5.41) is 2.11. The number of thioether (sulfide) groups is 1. The topological polar surface area (TPSA) is 120 Å². The number of anilines is 1. The predicted octanol–water partition coefficient (Wildman–Crippen LogP) is 4.47. The highest BCUT2D eigenvalue weighted by Gasteiger charge is 2.36. The van der Waals surface area contributed by atoms with Gasteiger partial charge >= 0.3 is 5.97 Å². The van der Waals surface area contributed by atoms with Crippen LogP contribution < -0.4 is 19.5 Å². The Balaban J connectivity index is 1.72. The average Bonchev–Trinajstić information content (AvgIpc) is 3.12. The number of imide groups is 1. The Kier molecular flexibility index (Phi) is 9.98. The normalized spacial score (nSPS) is 14.1. The molecule has 3 amide bonds. The van der Waals surface area contributed by atoms with E-state index in [0.29, 0.717) is 46.2 Å². The SMILES string of the molecule is CCOc1ccc(NC(=O)CN2C(=O)S/C(=C/c3cc(Br)c(OCC(=O)OC)c(OCC)c3)C2=O)cc1. The monoisotopic (exact) mass is 592 g/mol. The number of ether oxygens (including phenoxy) is 4. The number of benzene rings is 2. The highest BCUT2D eigenvalue weighted by molar-refractivity contribution is 9.10. The van der Waals surface area contributed by atoms with Crippen molar-refractivity contribution in [3.05, 3.63) is 51.3 Å². The average molecular weight is 593 g/mol. The Labute approximate surface area is 226 Å². The van der Waals surface area contributed by atoms with Gasteiger partial charge in [0, 0.05) is 5.69 Å². The molecule has 196 valence electrons. The summed E-state index contributed by atoms with van der Waals surface area (Å²) in [5.74, 6) is -0.361. The van der Waals surface area contributed by atoms with Crippen LogP contribution in [0.4, 0.5) is 10.5 Å². The number of methoxy groups -OCH3 is 1. The summed E-state index contributed by atoms with van der Waals surface area (Å²) in [4.78, 5) is 50.4. The largest absolute Gasteiger partial charge is 0.494 e. The molecule has 2 aromatic rings. The number of nitrogens with one attached hydrogen (secondary N) is 1. The second-order valence-corrected chi connectivity index (χ2v) is 9.25. The van der Waals surface area contributed by atoms with Gasteiger partial charge in [0.15, 0.2) is 18.1 Å². The minimum Gasteiger partial charge on any atom is -0.494 e. The first kappa shape index (κ1) is 28.1. The number of esters is 1. The fourth-order valence-electron chi connectivity index (χ4n) is 3.20. The number of carbonyl (C=O) groups excluding carboxylic acids is 4. The molecule has 0 aromatic heterocycles. The number of carbonyl (C=O) groups is 4. The summed E-state index contributed by atoms with van der Waals surface area (Å²) >= 11 is 4.12. The molecule has 0 atom stereocenters. The third kappa shape index (κ3) is 7.49. The molecule has 3 rings (SSSR count). The van der Waals surface area contributed by atoms with E-state index in [0.717, 1.165) is 16.7 Å². The molecule has 2 aromatic carbocycles. The van der Waals surface area contributed by atoms with Crippen LogP contribution >= 0.6 is 27.7 Å². The number of rotatable bonds is 11. The molecule has 1 aliphatic heterocycles. The molecule has 0 spiro atoms. The van der Waals surface area contributed by atoms with Gasteiger partial charge in [0.2, 0.25) is 5.91 Å². The van der Waals surface area contributed by atoms with Crippen molar-refractivity contribution in [3.8, 4) is 17.2 Å². The van der Waals surface area contributed by atoms with Crippen molar-refractivity contribution in [3.63, 3.8) is 0 Å². The van der Waals surface area contributed by atoms with E-state index in [4.69, 9.17) is 14.2 Å². The highest BCUT2D eigenvalue weighted by atomic mass is 79.9. The van der Waals surface area contributed by atoms with Gasteiger partial charge in [-0.3, -0.25) is 19.3 Å². The third-order valence-corrected chi connectivity index (χ3v) is 6.31. The molecule has 0 unspecified atom stereocenters. The molecule has 1 fully saturated rings. The van der Waals surface area contributed by atoms with E-state index in [1.807, 2.05) is 6.92 Å².